The van der Waals surface area contributed by atoms with Gasteiger partial charge in [0.15, 0.2) is 0 Å². The minimum atomic E-state index is -0.499. The minimum Gasteiger partial charge on any atom is -0.400 e. The van der Waals surface area contributed by atoms with E-state index in [1.807, 2.05) is 39.8 Å². The molecule has 0 saturated carbocycles. The molecule has 1 aliphatic rings. The highest BCUT2D eigenvalue weighted by Gasteiger charge is 2.52. The molecule has 114 valence electrons. The minimum absolute atomic E-state index is 0.0796. The van der Waals surface area contributed by atoms with Crippen molar-refractivity contribution in [2.24, 2.45) is 0 Å². The lowest BCUT2D eigenvalue weighted by Crippen LogP contribution is -2.41. The van der Waals surface area contributed by atoms with E-state index in [9.17, 15) is 5.11 Å². The molecule has 21 heavy (non-hydrogen) atoms. The lowest BCUT2D eigenvalue weighted by Gasteiger charge is -2.32. The van der Waals surface area contributed by atoms with Gasteiger partial charge in [-0.2, -0.15) is 0 Å². The molecule has 2 rings (SSSR count). The first-order valence-corrected chi connectivity index (χ1v) is 7.40. The van der Waals surface area contributed by atoms with Gasteiger partial charge in [-0.1, -0.05) is 24.3 Å². The van der Waals surface area contributed by atoms with Gasteiger partial charge in [-0.15, -0.1) is 0 Å². The number of rotatable bonds is 3. The van der Waals surface area contributed by atoms with Crippen LogP contribution in [-0.4, -0.2) is 30.0 Å². The summed E-state index contributed by atoms with van der Waals surface area (Å²) in [6, 6.07) is 6.24. The first-order valence-electron chi connectivity index (χ1n) is 7.40. The highest BCUT2D eigenvalue weighted by Crippen LogP contribution is 2.38. The van der Waals surface area contributed by atoms with Crippen molar-refractivity contribution >= 4 is 13.2 Å². The van der Waals surface area contributed by atoms with Gasteiger partial charge in [0.05, 0.1) is 17.8 Å². The maximum Gasteiger partial charge on any atom is 0.492 e. The van der Waals surface area contributed by atoms with Gasteiger partial charge >= 0.3 is 7.12 Å². The van der Waals surface area contributed by atoms with Crippen molar-refractivity contribution in [2.45, 2.75) is 52.7 Å². The van der Waals surface area contributed by atoms with Crippen LogP contribution in [0.5, 0.6) is 0 Å². The number of aliphatic hydroxyl groups is 1. The fourth-order valence-electron chi connectivity index (χ4n) is 2.25. The summed E-state index contributed by atoms with van der Waals surface area (Å²) in [6.45, 7) is 12.1. The molecule has 3 nitrogen and oxygen atoms in total. The van der Waals surface area contributed by atoms with Crippen LogP contribution in [0, 0.1) is 13.8 Å². The van der Waals surface area contributed by atoms with Crippen LogP contribution in [0.25, 0.3) is 6.08 Å². The van der Waals surface area contributed by atoms with Crippen LogP contribution in [0.4, 0.5) is 0 Å². The molecular formula is C17H25BO3. The average Bonchev–Trinajstić information content (AvgIpc) is 2.59. The molecule has 1 heterocycles. The van der Waals surface area contributed by atoms with Crippen molar-refractivity contribution in [3.8, 4) is 0 Å². The summed E-state index contributed by atoms with van der Waals surface area (Å²) < 4.78 is 12.0. The van der Waals surface area contributed by atoms with Crippen molar-refractivity contribution in [3.05, 3.63) is 40.4 Å². The molecule has 0 radical (unpaired) electrons. The van der Waals surface area contributed by atoms with E-state index in [1.165, 1.54) is 11.1 Å². The summed E-state index contributed by atoms with van der Waals surface area (Å²) in [7, 11) is -0.499. The molecule has 4 heteroatoms. The highest BCUT2D eigenvalue weighted by molar-refractivity contribution is 6.55. The number of benzene rings is 1. The Hall–Kier alpha value is -1.10. The number of hydrogen-bond donors (Lipinski definition) is 1. The smallest absolute Gasteiger partial charge is 0.400 e. The fourth-order valence-corrected chi connectivity index (χ4v) is 2.25. The fraction of sp³-hybridized carbons (Fsp3) is 0.529. The second-order valence-electron chi connectivity index (χ2n) is 6.81. The summed E-state index contributed by atoms with van der Waals surface area (Å²) >= 11 is 0. The van der Waals surface area contributed by atoms with Gasteiger partial charge in [-0.3, -0.25) is 0 Å². The van der Waals surface area contributed by atoms with Crippen molar-refractivity contribution in [3.63, 3.8) is 0 Å². The molecule has 0 unspecified atom stereocenters. The molecular weight excluding hydrogens is 263 g/mol. The van der Waals surface area contributed by atoms with Crippen molar-refractivity contribution in [1.82, 2.24) is 0 Å². The van der Waals surface area contributed by atoms with Gasteiger partial charge < -0.3 is 14.4 Å². The Labute approximate surface area is 128 Å². The zero-order valence-electron chi connectivity index (χ0n) is 13.9. The monoisotopic (exact) mass is 288 g/mol. The molecule has 0 bridgehead atoms. The van der Waals surface area contributed by atoms with Crippen LogP contribution in [0.1, 0.15) is 44.4 Å². The van der Waals surface area contributed by atoms with E-state index >= 15 is 0 Å². The number of aliphatic hydroxyl groups excluding tert-OH is 1. The number of aryl methyl sites for hydroxylation is 2. The van der Waals surface area contributed by atoms with E-state index in [0.29, 0.717) is 0 Å². The molecule has 0 atom stereocenters. The third kappa shape index (κ3) is 3.23. The van der Waals surface area contributed by atoms with Crippen LogP contribution in [0.3, 0.4) is 0 Å². The van der Waals surface area contributed by atoms with Gasteiger partial charge in [0.25, 0.3) is 0 Å². The zero-order chi connectivity index (χ0) is 15.8. The first-order chi connectivity index (χ1) is 9.66. The first kappa shape index (κ1) is 16.3. The predicted molar refractivity (Wildman–Crippen MR) is 87.1 cm³/mol. The topological polar surface area (TPSA) is 38.7 Å². The summed E-state index contributed by atoms with van der Waals surface area (Å²) in [5, 5.41) is 9.68. The Morgan fingerprint density at radius 3 is 2.14 bits per heavy atom. The van der Waals surface area contributed by atoms with E-state index in [1.54, 1.807) is 0 Å². The van der Waals surface area contributed by atoms with Gasteiger partial charge in [0.2, 0.25) is 0 Å². The van der Waals surface area contributed by atoms with Gasteiger partial charge in [0.1, 0.15) is 0 Å². The standard InChI is InChI=1S/C17H25BO3/c1-12-7-8-14(9-13(12)2)10-15(11-19)18-20-16(3,4)17(5,6)21-18/h7-10,19H,11H2,1-6H3. The molecule has 1 aliphatic heterocycles. The highest BCUT2D eigenvalue weighted by atomic mass is 16.7. The molecule has 1 aromatic rings. The Balaban J connectivity index is 2.28. The largest absolute Gasteiger partial charge is 0.492 e. The lowest BCUT2D eigenvalue weighted by atomic mass is 9.77. The number of hydrogen-bond acceptors (Lipinski definition) is 3. The Morgan fingerprint density at radius 2 is 1.67 bits per heavy atom. The third-order valence-electron chi connectivity index (χ3n) is 4.62. The molecule has 1 fully saturated rings. The predicted octanol–water partition coefficient (Wildman–Crippen LogP) is 3.31. The van der Waals surface area contributed by atoms with E-state index in [4.69, 9.17) is 9.31 Å². The summed E-state index contributed by atoms with van der Waals surface area (Å²) in [5.41, 5.74) is 3.50. The molecule has 0 spiro atoms. The second-order valence-corrected chi connectivity index (χ2v) is 6.81. The van der Waals surface area contributed by atoms with Crippen LogP contribution in [0.2, 0.25) is 0 Å². The summed E-state index contributed by atoms with van der Waals surface area (Å²) in [5.74, 6) is 0. The van der Waals surface area contributed by atoms with Crippen LogP contribution in [-0.2, 0) is 9.31 Å². The molecule has 1 saturated heterocycles. The molecule has 0 amide bonds. The normalized spacial score (nSPS) is 20.9. The molecule has 1 aromatic carbocycles. The summed E-state index contributed by atoms with van der Waals surface area (Å²) in [6.07, 6.45) is 1.95. The quantitative estimate of drug-likeness (QED) is 0.867. The SMILES string of the molecule is Cc1ccc(C=C(CO)B2OC(C)(C)C(C)(C)O2)cc1C. The van der Waals surface area contributed by atoms with Crippen molar-refractivity contribution < 1.29 is 14.4 Å². The average molecular weight is 288 g/mol. The maximum absolute atomic E-state index is 9.68. The molecule has 1 N–H and O–H groups in total. The van der Waals surface area contributed by atoms with Crippen LogP contribution < -0.4 is 0 Å². The van der Waals surface area contributed by atoms with E-state index in [2.05, 4.69) is 26.0 Å². The Morgan fingerprint density at radius 1 is 1.10 bits per heavy atom. The maximum atomic E-state index is 9.68. The van der Waals surface area contributed by atoms with E-state index in [0.717, 1.165) is 11.0 Å². The Bertz CT molecular complexity index is 545. The van der Waals surface area contributed by atoms with Gasteiger partial charge in [0, 0.05) is 0 Å². The zero-order valence-corrected chi connectivity index (χ0v) is 13.9. The lowest BCUT2D eigenvalue weighted by molar-refractivity contribution is 0.00578. The van der Waals surface area contributed by atoms with Crippen molar-refractivity contribution in [1.29, 1.82) is 0 Å². The van der Waals surface area contributed by atoms with Crippen LogP contribution >= 0.6 is 0 Å². The van der Waals surface area contributed by atoms with E-state index in [-0.39, 0.29) is 6.61 Å². The molecule has 0 aliphatic carbocycles. The van der Waals surface area contributed by atoms with Gasteiger partial charge in [-0.25, -0.2) is 0 Å². The van der Waals surface area contributed by atoms with Crippen molar-refractivity contribution in [2.75, 3.05) is 6.61 Å². The van der Waals surface area contributed by atoms with Crippen LogP contribution in [0.15, 0.2) is 23.7 Å². The third-order valence-corrected chi connectivity index (χ3v) is 4.62. The summed E-state index contributed by atoms with van der Waals surface area (Å²) in [4.78, 5) is 0. The van der Waals surface area contributed by atoms with E-state index < -0.39 is 18.3 Å². The Kier molecular flexibility index (Phi) is 4.34. The second kappa shape index (κ2) is 5.60. The molecule has 0 aromatic heterocycles. The van der Waals surface area contributed by atoms with Gasteiger partial charge in [-0.05, 0) is 63.7 Å².